The first-order chi connectivity index (χ1) is 15.0. The highest BCUT2D eigenvalue weighted by molar-refractivity contribution is 7.47. The second-order valence-electron chi connectivity index (χ2n) is 6.48. The maximum Gasteiger partial charge on any atom is 0.473 e. The summed E-state index contributed by atoms with van der Waals surface area (Å²) in [4.78, 5) is 44.9. The van der Waals surface area contributed by atoms with Crippen LogP contribution in [0.5, 0.6) is 0 Å². The van der Waals surface area contributed by atoms with Gasteiger partial charge in [0.15, 0.2) is 12.6 Å². The number of nitro benzene ring substituents is 1. The molecule has 0 saturated carbocycles. The molecule has 0 saturated heterocycles. The maximum absolute atomic E-state index is 12.5. The Balaban J connectivity index is 2.97. The Morgan fingerprint density at radius 1 is 1.38 bits per heavy atom. The Morgan fingerprint density at radius 3 is 2.62 bits per heavy atom. The van der Waals surface area contributed by atoms with Crippen molar-refractivity contribution >= 4 is 25.4 Å². The van der Waals surface area contributed by atoms with Crippen LogP contribution in [-0.4, -0.2) is 40.4 Å². The zero-order valence-corrected chi connectivity index (χ0v) is 18.4. The fourth-order valence-corrected chi connectivity index (χ4v) is 3.69. The lowest BCUT2D eigenvalue weighted by Crippen LogP contribution is -2.49. The van der Waals surface area contributed by atoms with Crippen LogP contribution in [-0.2, 0) is 27.9 Å². The van der Waals surface area contributed by atoms with Gasteiger partial charge in [-0.1, -0.05) is 18.2 Å². The lowest BCUT2D eigenvalue weighted by atomic mass is 10.1. The maximum atomic E-state index is 12.5. The first-order valence-electron chi connectivity index (χ1n) is 9.39. The Morgan fingerprint density at radius 2 is 2.03 bits per heavy atom. The summed E-state index contributed by atoms with van der Waals surface area (Å²) in [6.45, 7) is 5.41. The Bertz CT molecular complexity index is 931. The molecule has 0 aliphatic heterocycles. The summed E-state index contributed by atoms with van der Waals surface area (Å²) >= 11 is 0. The second-order valence-corrected chi connectivity index (χ2v) is 7.84. The van der Waals surface area contributed by atoms with E-state index in [0.717, 1.165) is 0 Å². The van der Waals surface area contributed by atoms with Crippen molar-refractivity contribution in [2.45, 2.75) is 44.9 Å². The molecule has 0 spiro atoms. The minimum Gasteiger partial charge on any atom is -0.449 e. The van der Waals surface area contributed by atoms with Gasteiger partial charge in [-0.15, -0.1) is 6.58 Å². The molecule has 2 N–H and O–H groups in total. The molecule has 32 heavy (non-hydrogen) atoms. The third-order valence-corrected chi connectivity index (χ3v) is 5.24. The van der Waals surface area contributed by atoms with Gasteiger partial charge in [0.05, 0.1) is 22.7 Å². The number of carbonyl (C=O) groups is 2. The van der Waals surface area contributed by atoms with Crippen LogP contribution in [0.3, 0.4) is 0 Å². The number of esters is 1. The van der Waals surface area contributed by atoms with Crippen LogP contribution in [0.1, 0.15) is 38.4 Å². The molecule has 1 rings (SSSR count). The number of phosphoric acid groups is 1. The zero-order chi connectivity index (χ0) is 24.3. The number of hydrogen-bond acceptors (Lipinski definition) is 9. The molecule has 174 valence electrons. The third kappa shape index (κ3) is 8.56. The van der Waals surface area contributed by atoms with Crippen molar-refractivity contribution in [2.75, 3.05) is 6.61 Å². The molecular weight excluding hydrogens is 445 g/mol. The Hall–Kier alpha value is -3.10. The number of amides is 1. The van der Waals surface area contributed by atoms with Crippen LogP contribution in [0.25, 0.3) is 0 Å². The zero-order valence-electron chi connectivity index (χ0n) is 17.5. The molecule has 0 fully saturated rings. The largest absolute Gasteiger partial charge is 0.473 e. The quantitative estimate of drug-likeness (QED) is 0.143. The number of carbonyl (C=O) groups excluding carboxylic acids is 2. The number of nitro groups is 1. The summed E-state index contributed by atoms with van der Waals surface area (Å²) in [5.41, 5.74) is -0.286. The van der Waals surface area contributed by atoms with Crippen LogP contribution in [0.15, 0.2) is 36.9 Å². The minimum atomic E-state index is -4.87. The van der Waals surface area contributed by atoms with E-state index in [2.05, 4.69) is 16.6 Å². The number of benzene rings is 1. The highest BCUT2D eigenvalue weighted by Gasteiger charge is 2.37. The molecule has 12 nitrogen and oxygen atoms in total. The van der Waals surface area contributed by atoms with Crippen molar-refractivity contribution in [3.63, 3.8) is 0 Å². The van der Waals surface area contributed by atoms with Crippen LogP contribution >= 0.6 is 7.82 Å². The van der Waals surface area contributed by atoms with E-state index >= 15 is 0 Å². The van der Waals surface area contributed by atoms with Gasteiger partial charge in [-0.3, -0.25) is 24.0 Å². The van der Waals surface area contributed by atoms with Gasteiger partial charge in [-0.05, 0) is 26.3 Å². The molecule has 0 aromatic heterocycles. The van der Waals surface area contributed by atoms with Crippen molar-refractivity contribution in [2.24, 2.45) is 0 Å². The topological polar surface area (TPSA) is 178 Å². The molecule has 0 radical (unpaired) electrons. The lowest BCUT2D eigenvalue weighted by molar-refractivity contribution is -0.386. The summed E-state index contributed by atoms with van der Waals surface area (Å²) < 4.78 is 27.2. The normalized spacial score (nSPS) is 15.3. The molecule has 4 atom stereocenters. The van der Waals surface area contributed by atoms with E-state index in [1.54, 1.807) is 6.07 Å². The standard InChI is InChI=1S/C19H24N3O9P/c1-4-5-10-17(23)21-18(19(24)29-12-11-20)14(3)31-32(27,28)30-13(2)15-8-6-7-9-16(15)22(25)26/h4,6-9,13-14,18H,1,5,10,12H2,2-3H3,(H,21,23)(H,27,28)/t13?,14-,18+/m1/s1. The fraction of sp³-hybridized carbons (Fsp3) is 0.421. The molecule has 0 aliphatic rings. The summed E-state index contributed by atoms with van der Waals surface area (Å²) in [6.07, 6.45) is -0.841. The van der Waals surface area contributed by atoms with E-state index in [9.17, 15) is 29.2 Å². The molecule has 13 heteroatoms. The Labute approximate surface area is 184 Å². The first-order valence-corrected chi connectivity index (χ1v) is 10.9. The number of phosphoric ester groups is 1. The summed E-state index contributed by atoms with van der Waals surface area (Å²) in [7, 11) is -4.87. The van der Waals surface area contributed by atoms with E-state index in [4.69, 9.17) is 14.3 Å². The van der Waals surface area contributed by atoms with Crippen molar-refractivity contribution in [3.8, 4) is 6.07 Å². The summed E-state index contributed by atoms with van der Waals surface area (Å²) in [6, 6.07) is 5.56. The molecule has 2 unspecified atom stereocenters. The lowest BCUT2D eigenvalue weighted by Gasteiger charge is -2.26. The smallest absolute Gasteiger partial charge is 0.449 e. The van der Waals surface area contributed by atoms with E-state index in [1.165, 1.54) is 44.2 Å². The predicted molar refractivity (Wildman–Crippen MR) is 111 cm³/mol. The second kappa shape index (κ2) is 12.7. The van der Waals surface area contributed by atoms with Gasteiger partial charge in [0, 0.05) is 12.5 Å². The van der Waals surface area contributed by atoms with E-state index < -0.39 is 49.5 Å². The van der Waals surface area contributed by atoms with Crippen LogP contribution < -0.4 is 5.32 Å². The molecule has 0 aliphatic carbocycles. The Kier molecular flexibility index (Phi) is 10.7. The van der Waals surface area contributed by atoms with Gasteiger partial charge in [-0.2, -0.15) is 5.26 Å². The third-order valence-electron chi connectivity index (χ3n) is 4.06. The summed E-state index contributed by atoms with van der Waals surface area (Å²) in [5.74, 6) is -1.64. The van der Waals surface area contributed by atoms with Gasteiger partial charge in [0.25, 0.3) is 5.69 Å². The molecule has 1 aromatic carbocycles. The number of nitrogens with one attached hydrogen (secondary N) is 1. The monoisotopic (exact) mass is 469 g/mol. The number of rotatable bonds is 13. The average Bonchev–Trinajstić information content (AvgIpc) is 2.73. The van der Waals surface area contributed by atoms with Crippen LogP contribution in [0.2, 0.25) is 0 Å². The number of nitrogens with zero attached hydrogens (tertiary/aromatic N) is 2. The number of allylic oxidation sites excluding steroid dienone is 1. The molecule has 0 heterocycles. The highest BCUT2D eigenvalue weighted by atomic mass is 31.2. The minimum absolute atomic E-state index is 0.0136. The first kappa shape index (κ1) is 26.9. The van der Waals surface area contributed by atoms with Crippen LogP contribution in [0.4, 0.5) is 5.69 Å². The van der Waals surface area contributed by atoms with Gasteiger partial charge >= 0.3 is 13.8 Å². The van der Waals surface area contributed by atoms with Gasteiger partial charge in [0.1, 0.15) is 6.07 Å². The van der Waals surface area contributed by atoms with E-state index in [0.29, 0.717) is 6.42 Å². The molecule has 1 aromatic rings. The number of ether oxygens (including phenoxy) is 1. The van der Waals surface area contributed by atoms with Crippen molar-refractivity contribution in [1.82, 2.24) is 5.32 Å². The van der Waals surface area contributed by atoms with Crippen molar-refractivity contribution in [3.05, 3.63) is 52.6 Å². The number of para-hydroxylation sites is 1. The van der Waals surface area contributed by atoms with Gasteiger partial charge in [-0.25, -0.2) is 9.36 Å². The van der Waals surface area contributed by atoms with E-state index in [-0.39, 0.29) is 17.7 Å². The molecule has 0 bridgehead atoms. The summed E-state index contributed by atoms with van der Waals surface area (Å²) in [5, 5.41) is 22.1. The number of hydrogen-bond donors (Lipinski definition) is 2. The molecule has 1 amide bonds. The average molecular weight is 469 g/mol. The van der Waals surface area contributed by atoms with Crippen molar-refractivity contribution < 1.29 is 37.8 Å². The predicted octanol–water partition coefficient (Wildman–Crippen LogP) is 2.70. The van der Waals surface area contributed by atoms with Gasteiger partial charge in [0.2, 0.25) is 5.91 Å². The van der Waals surface area contributed by atoms with Gasteiger partial charge < -0.3 is 14.9 Å². The fourth-order valence-electron chi connectivity index (χ4n) is 2.59. The highest BCUT2D eigenvalue weighted by Crippen LogP contribution is 2.50. The SMILES string of the molecule is C=CCCC(=O)N[C@H](C(=O)OCC#N)[C@@H](C)OP(=O)(O)OC(C)c1ccccc1[N+](=O)[O-]. The van der Waals surface area contributed by atoms with E-state index in [1.807, 2.05) is 0 Å². The van der Waals surface area contributed by atoms with Crippen LogP contribution in [0, 0.1) is 21.4 Å². The molecular formula is C19H24N3O9P. The number of nitriles is 1. The van der Waals surface area contributed by atoms with Crippen molar-refractivity contribution in [1.29, 1.82) is 5.26 Å².